The van der Waals surface area contributed by atoms with Crippen molar-refractivity contribution in [2.24, 2.45) is 0 Å². The SMILES string of the molecule is COc1ccc(C2(Cc3ccc(Cl)cc3)CCCC2=O)cc1. The molecule has 0 heterocycles. The summed E-state index contributed by atoms with van der Waals surface area (Å²) in [7, 11) is 1.65. The number of rotatable bonds is 4. The van der Waals surface area contributed by atoms with Crippen LogP contribution < -0.4 is 4.74 Å². The molecule has 3 rings (SSSR count). The van der Waals surface area contributed by atoms with Gasteiger partial charge in [-0.25, -0.2) is 0 Å². The summed E-state index contributed by atoms with van der Waals surface area (Å²) < 4.78 is 5.22. The molecule has 3 heteroatoms. The Morgan fingerprint density at radius 1 is 1.09 bits per heavy atom. The molecule has 0 N–H and O–H groups in total. The maximum Gasteiger partial charge on any atom is 0.143 e. The van der Waals surface area contributed by atoms with Crippen LogP contribution in [0.2, 0.25) is 5.02 Å². The van der Waals surface area contributed by atoms with Gasteiger partial charge in [-0.05, 0) is 54.7 Å². The Balaban J connectivity index is 1.97. The van der Waals surface area contributed by atoms with Crippen molar-refractivity contribution >= 4 is 17.4 Å². The number of methoxy groups -OCH3 is 1. The highest BCUT2D eigenvalue weighted by molar-refractivity contribution is 6.30. The monoisotopic (exact) mass is 314 g/mol. The molecule has 114 valence electrons. The number of carbonyl (C=O) groups is 1. The Hall–Kier alpha value is -1.80. The molecule has 0 aromatic heterocycles. The molecule has 22 heavy (non-hydrogen) atoms. The smallest absolute Gasteiger partial charge is 0.143 e. The van der Waals surface area contributed by atoms with E-state index in [0.29, 0.717) is 12.2 Å². The van der Waals surface area contributed by atoms with Gasteiger partial charge in [0.2, 0.25) is 0 Å². The Labute approximate surface area is 136 Å². The predicted molar refractivity (Wildman–Crippen MR) is 88.7 cm³/mol. The largest absolute Gasteiger partial charge is 0.497 e. The quantitative estimate of drug-likeness (QED) is 0.825. The van der Waals surface area contributed by atoms with Gasteiger partial charge in [0.05, 0.1) is 12.5 Å². The van der Waals surface area contributed by atoms with Gasteiger partial charge < -0.3 is 4.74 Å². The van der Waals surface area contributed by atoms with Crippen LogP contribution in [0.1, 0.15) is 30.4 Å². The van der Waals surface area contributed by atoms with E-state index >= 15 is 0 Å². The summed E-state index contributed by atoms with van der Waals surface area (Å²) in [6, 6.07) is 15.7. The molecular weight excluding hydrogens is 296 g/mol. The summed E-state index contributed by atoms with van der Waals surface area (Å²) in [6.45, 7) is 0. The van der Waals surface area contributed by atoms with Crippen LogP contribution in [0, 0.1) is 0 Å². The first-order chi connectivity index (χ1) is 10.6. The fraction of sp³-hybridized carbons (Fsp3) is 0.316. The molecule has 0 amide bonds. The van der Waals surface area contributed by atoms with Gasteiger partial charge in [-0.15, -0.1) is 0 Å². The zero-order valence-corrected chi connectivity index (χ0v) is 13.4. The minimum Gasteiger partial charge on any atom is -0.497 e. The summed E-state index contributed by atoms with van der Waals surface area (Å²) in [5.41, 5.74) is 1.83. The predicted octanol–water partition coefficient (Wildman–Crippen LogP) is 4.58. The molecule has 0 saturated heterocycles. The van der Waals surface area contributed by atoms with Gasteiger partial charge >= 0.3 is 0 Å². The van der Waals surface area contributed by atoms with Crippen LogP contribution in [0.3, 0.4) is 0 Å². The number of hydrogen-bond acceptors (Lipinski definition) is 2. The third-order valence-corrected chi connectivity index (χ3v) is 4.85. The van der Waals surface area contributed by atoms with E-state index < -0.39 is 5.41 Å². The summed E-state index contributed by atoms with van der Waals surface area (Å²) in [5.74, 6) is 1.16. The number of ketones is 1. The molecule has 2 nitrogen and oxygen atoms in total. The van der Waals surface area contributed by atoms with E-state index in [0.717, 1.165) is 41.2 Å². The fourth-order valence-corrected chi connectivity index (χ4v) is 3.51. The van der Waals surface area contributed by atoms with Crippen molar-refractivity contribution in [1.82, 2.24) is 0 Å². The van der Waals surface area contributed by atoms with E-state index in [9.17, 15) is 4.79 Å². The standard InChI is InChI=1S/C19H19ClO2/c1-22-17-10-6-15(7-11-17)19(12-2-3-18(19)21)13-14-4-8-16(20)9-5-14/h4-11H,2-3,12-13H2,1H3. The van der Waals surface area contributed by atoms with Crippen LogP contribution in [0.4, 0.5) is 0 Å². The van der Waals surface area contributed by atoms with Gasteiger partial charge in [0, 0.05) is 11.4 Å². The van der Waals surface area contributed by atoms with Crippen molar-refractivity contribution in [3.8, 4) is 5.75 Å². The summed E-state index contributed by atoms with van der Waals surface area (Å²) in [5, 5.41) is 0.722. The lowest BCUT2D eigenvalue weighted by atomic mass is 9.73. The average molecular weight is 315 g/mol. The molecule has 1 atom stereocenters. The molecule has 0 spiro atoms. The third kappa shape index (κ3) is 2.76. The van der Waals surface area contributed by atoms with Gasteiger partial charge in [0.15, 0.2) is 0 Å². The van der Waals surface area contributed by atoms with Gasteiger partial charge in [0.1, 0.15) is 11.5 Å². The molecule has 0 aliphatic heterocycles. The van der Waals surface area contributed by atoms with E-state index in [2.05, 4.69) is 0 Å². The molecule has 2 aromatic rings. The lowest BCUT2D eigenvalue weighted by molar-refractivity contribution is -0.122. The molecule has 1 aliphatic rings. The molecule has 2 aromatic carbocycles. The first-order valence-electron chi connectivity index (χ1n) is 7.56. The summed E-state index contributed by atoms with van der Waals surface area (Å²) in [4.78, 5) is 12.7. The maximum atomic E-state index is 12.7. The first kappa shape index (κ1) is 15.1. The van der Waals surface area contributed by atoms with Crippen LogP contribution in [0.25, 0.3) is 0 Å². The van der Waals surface area contributed by atoms with E-state index in [1.807, 2.05) is 48.5 Å². The van der Waals surface area contributed by atoms with Crippen molar-refractivity contribution in [3.63, 3.8) is 0 Å². The second-order valence-electron chi connectivity index (χ2n) is 5.89. The van der Waals surface area contributed by atoms with Crippen molar-refractivity contribution in [2.45, 2.75) is 31.1 Å². The molecule has 1 saturated carbocycles. The highest BCUT2D eigenvalue weighted by Crippen LogP contribution is 2.41. The second kappa shape index (κ2) is 6.13. The number of Topliss-reactive ketones (excluding diaryl/α,β-unsaturated/α-hetero) is 1. The summed E-state index contributed by atoms with van der Waals surface area (Å²) in [6.07, 6.45) is 3.26. The second-order valence-corrected chi connectivity index (χ2v) is 6.33. The number of benzene rings is 2. The Bertz CT molecular complexity index is 661. The minimum absolute atomic E-state index is 0.340. The van der Waals surface area contributed by atoms with Crippen LogP contribution in [-0.4, -0.2) is 12.9 Å². The van der Waals surface area contributed by atoms with E-state index in [1.165, 1.54) is 0 Å². The van der Waals surface area contributed by atoms with Gasteiger partial charge in [-0.2, -0.15) is 0 Å². The highest BCUT2D eigenvalue weighted by Gasteiger charge is 2.43. The Kier molecular flexibility index (Phi) is 4.21. The zero-order valence-electron chi connectivity index (χ0n) is 12.6. The van der Waals surface area contributed by atoms with Crippen molar-refractivity contribution in [1.29, 1.82) is 0 Å². The molecule has 1 unspecified atom stereocenters. The van der Waals surface area contributed by atoms with E-state index in [1.54, 1.807) is 7.11 Å². The van der Waals surface area contributed by atoms with Gasteiger partial charge in [-0.1, -0.05) is 35.9 Å². The minimum atomic E-state index is -0.403. The van der Waals surface area contributed by atoms with Crippen LogP contribution in [-0.2, 0) is 16.6 Å². The molecule has 0 radical (unpaired) electrons. The van der Waals surface area contributed by atoms with Crippen molar-refractivity contribution < 1.29 is 9.53 Å². The average Bonchev–Trinajstić information content (AvgIpc) is 2.91. The first-order valence-corrected chi connectivity index (χ1v) is 7.94. The molecule has 0 bridgehead atoms. The Morgan fingerprint density at radius 2 is 1.77 bits per heavy atom. The third-order valence-electron chi connectivity index (χ3n) is 4.60. The maximum absolute atomic E-state index is 12.7. The van der Waals surface area contributed by atoms with E-state index in [4.69, 9.17) is 16.3 Å². The number of carbonyl (C=O) groups excluding carboxylic acids is 1. The van der Waals surface area contributed by atoms with E-state index in [-0.39, 0.29) is 0 Å². The topological polar surface area (TPSA) is 26.3 Å². The van der Waals surface area contributed by atoms with Crippen molar-refractivity contribution in [3.05, 3.63) is 64.7 Å². The van der Waals surface area contributed by atoms with Crippen LogP contribution >= 0.6 is 11.6 Å². The Morgan fingerprint density at radius 3 is 2.32 bits per heavy atom. The number of ether oxygens (including phenoxy) is 1. The van der Waals surface area contributed by atoms with Crippen LogP contribution in [0.5, 0.6) is 5.75 Å². The van der Waals surface area contributed by atoms with Gasteiger partial charge in [-0.3, -0.25) is 4.79 Å². The lowest BCUT2D eigenvalue weighted by Crippen LogP contribution is -2.33. The zero-order chi connectivity index (χ0) is 15.6. The van der Waals surface area contributed by atoms with Crippen LogP contribution in [0.15, 0.2) is 48.5 Å². The summed E-state index contributed by atoms with van der Waals surface area (Å²) >= 11 is 5.96. The number of hydrogen-bond donors (Lipinski definition) is 0. The molecular formula is C19H19ClO2. The lowest BCUT2D eigenvalue weighted by Gasteiger charge is -2.28. The highest BCUT2D eigenvalue weighted by atomic mass is 35.5. The van der Waals surface area contributed by atoms with Crippen molar-refractivity contribution in [2.75, 3.05) is 7.11 Å². The normalized spacial score (nSPS) is 21.1. The number of halogens is 1. The molecule has 1 fully saturated rings. The molecule has 1 aliphatic carbocycles. The fourth-order valence-electron chi connectivity index (χ4n) is 3.38. The van der Waals surface area contributed by atoms with Gasteiger partial charge in [0.25, 0.3) is 0 Å².